The van der Waals surface area contributed by atoms with E-state index in [1.165, 1.54) is 57.8 Å². The van der Waals surface area contributed by atoms with E-state index >= 15 is 0 Å². The molecule has 9 atom stereocenters. The molecule has 0 spiro atoms. The monoisotopic (exact) mass is 409 g/mol. The molecule has 3 N–H and O–H groups in total. The number of fused-ring (bicyclic) bond motifs is 2. The lowest BCUT2D eigenvalue weighted by Crippen LogP contribution is -3.16. The highest BCUT2D eigenvalue weighted by atomic mass is 32.2. The summed E-state index contributed by atoms with van der Waals surface area (Å²) in [5, 5.41) is 8.54. The molecule has 2 heterocycles. The van der Waals surface area contributed by atoms with Crippen molar-refractivity contribution in [3.05, 3.63) is 0 Å². The molecule has 0 aromatic carbocycles. The Kier molecular flexibility index (Phi) is 7.31. The van der Waals surface area contributed by atoms with Gasteiger partial charge < -0.3 is 10.2 Å². The first-order chi connectivity index (χ1) is 13.6. The van der Waals surface area contributed by atoms with Gasteiger partial charge in [-0.3, -0.25) is 4.90 Å². The first-order valence-corrected chi connectivity index (χ1v) is 13.2. The van der Waals surface area contributed by atoms with Gasteiger partial charge in [0, 0.05) is 25.0 Å². The normalized spacial score (nSPS) is 46.5. The summed E-state index contributed by atoms with van der Waals surface area (Å²) in [6, 6.07) is 2.47. The van der Waals surface area contributed by atoms with Crippen LogP contribution in [0.5, 0.6) is 0 Å². The van der Waals surface area contributed by atoms with Crippen LogP contribution < -0.4 is 15.5 Å². The van der Waals surface area contributed by atoms with Gasteiger partial charge in [0.05, 0.1) is 19.0 Å². The Balaban J connectivity index is 1.25. The topological polar surface area (TPSA) is 31.7 Å². The van der Waals surface area contributed by atoms with E-state index in [0.29, 0.717) is 5.50 Å². The zero-order valence-corrected chi connectivity index (χ0v) is 19.6. The highest BCUT2D eigenvalue weighted by molar-refractivity contribution is 8.00. The SMILES string of the molecule is CCC[C@@H]1C(CNCNC2SC3CC(C)CCC3[NH+]2C)N(C)C2CCCC[C@H]21. The van der Waals surface area contributed by atoms with Crippen molar-refractivity contribution in [3.8, 4) is 0 Å². The van der Waals surface area contributed by atoms with Crippen molar-refractivity contribution >= 4 is 11.8 Å². The minimum absolute atomic E-state index is 0.572. The molecule has 5 heteroatoms. The second kappa shape index (κ2) is 9.55. The number of likely N-dealkylation sites (tertiary alicyclic amines) is 1. The largest absolute Gasteiger partial charge is 0.310 e. The van der Waals surface area contributed by atoms with Gasteiger partial charge in [0.1, 0.15) is 6.04 Å². The predicted molar refractivity (Wildman–Crippen MR) is 121 cm³/mol. The standard InChI is InChI=1S/C23H44N4S/c1-5-8-17-18-9-6-7-10-19(18)26(3)21(17)14-24-15-25-23-27(4)20-12-11-16(2)13-22(20)28-23/h16-25H,5-15H2,1-4H3/p+1/t16?,17-,18-,19?,20?,21?,22?,23?/m0/s1. The van der Waals surface area contributed by atoms with Crippen LogP contribution in [0.2, 0.25) is 0 Å². The van der Waals surface area contributed by atoms with E-state index in [1.54, 1.807) is 4.90 Å². The summed E-state index contributed by atoms with van der Waals surface area (Å²) >= 11 is 2.22. The Morgan fingerprint density at radius 1 is 1.14 bits per heavy atom. The van der Waals surface area contributed by atoms with Crippen molar-refractivity contribution in [3.63, 3.8) is 0 Å². The summed E-state index contributed by atoms with van der Waals surface area (Å²) in [6.07, 6.45) is 12.8. The van der Waals surface area contributed by atoms with Gasteiger partial charge in [-0.1, -0.05) is 44.9 Å². The molecule has 0 aromatic heterocycles. The highest BCUT2D eigenvalue weighted by Crippen LogP contribution is 2.44. The van der Waals surface area contributed by atoms with E-state index in [2.05, 4.69) is 55.2 Å². The van der Waals surface area contributed by atoms with Crippen molar-refractivity contribution in [2.24, 2.45) is 17.8 Å². The maximum absolute atomic E-state index is 3.85. The number of rotatable bonds is 7. The maximum Gasteiger partial charge on any atom is 0.191 e. The Morgan fingerprint density at radius 2 is 1.96 bits per heavy atom. The summed E-state index contributed by atoms with van der Waals surface area (Å²) in [5.74, 6) is 2.80. The molecule has 7 unspecified atom stereocenters. The summed E-state index contributed by atoms with van der Waals surface area (Å²) in [7, 11) is 4.83. The summed E-state index contributed by atoms with van der Waals surface area (Å²) in [6.45, 7) is 6.93. The molecule has 4 rings (SSSR count). The van der Waals surface area contributed by atoms with Crippen molar-refractivity contribution in [1.29, 1.82) is 0 Å². The van der Waals surface area contributed by atoms with Crippen LogP contribution in [0.4, 0.5) is 0 Å². The van der Waals surface area contributed by atoms with E-state index in [4.69, 9.17) is 0 Å². The van der Waals surface area contributed by atoms with Crippen molar-refractivity contribution in [2.45, 2.75) is 101 Å². The van der Waals surface area contributed by atoms with Crippen LogP contribution in [-0.2, 0) is 0 Å². The van der Waals surface area contributed by atoms with Crippen LogP contribution in [0.3, 0.4) is 0 Å². The van der Waals surface area contributed by atoms with Gasteiger partial charge in [0.15, 0.2) is 5.50 Å². The van der Waals surface area contributed by atoms with Gasteiger partial charge in [-0.2, -0.15) is 0 Å². The third-order valence-electron chi connectivity index (χ3n) is 8.62. The number of nitrogens with zero attached hydrogens (tertiary/aromatic N) is 1. The zero-order valence-electron chi connectivity index (χ0n) is 18.8. The van der Waals surface area contributed by atoms with Gasteiger partial charge in [0.25, 0.3) is 0 Å². The summed E-state index contributed by atoms with van der Waals surface area (Å²) in [5.41, 5.74) is 0.572. The molecule has 2 aliphatic heterocycles. The van der Waals surface area contributed by atoms with Gasteiger partial charge in [0.2, 0.25) is 0 Å². The van der Waals surface area contributed by atoms with E-state index in [9.17, 15) is 0 Å². The highest BCUT2D eigenvalue weighted by Gasteiger charge is 2.47. The third kappa shape index (κ3) is 4.30. The maximum atomic E-state index is 3.85. The predicted octanol–water partition coefficient (Wildman–Crippen LogP) is 2.51. The molecule has 0 bridgehead atoms. The lowest BCUT2D eigenvalue weighted by molar-refractivity contribution is -0.913. The second-order valence-electron chi connectivity index (χ2n) is 10.4. The fourth-order valence-electron chi connectivity index (χ4n) is 7.08. The number of quaternary nitrogens is 1. The molecule has 2 aliphatic carbocycles. The number of likely N-dealkylation sites (N-methyl/N-ethyl adjacent to an activating group) is 1. The molecule has 2 saturated heterocycles. The van der Waals surface area contributed by atoms with E-state index in [-0.39, 0.29) is 0 Å². The van der Waals surface area contributed by atoms with E-state index in [1.807, 2.05) is 0 Å². The zero-order chi connectivity index (χ0) is 19.7. The van der Waals surface area contributed by atoms with E-state index < -0.39 is 0 Å². The number of thioether (sulfide) groups is 1. The molecular weight excluding hydrogens is 364 g/mol. The van der Waals surface area contributed by atoms with E-state index in [0.717, 1.165) is 54.3 Å². The van der Waals surface area contributed by atoms with Crippen molar-refractivity contribution in [2.75, 3.05) is 27.3 Å². The Labute approximate surface area is 177 Å². The molecule has 4 aliphatic rings. The number of nitrogens with one attached hydrogen (secondary N) is 3. The van der Waals surface area contributed by atoms with Gasteiger partial charge in [-0.05, 0) is 56.9 Å². The lowest BCUT2D eigenvalue weighted by atomic mass is 9.76. The Morgan fingerprint density at radius 3 is 2.79 bits per heavy atom. The first-order valence-electron chi connectivity index (χ1n) is 12.2. The molecule has 2 saturated carbocycles. The average molecular weight is 410 g/mol. The third-order valence-corrected chi connectivity index (χ3v) is 10.3. The smallest absolute Gasteiger partial charge is 0.191 e. The molecule has 162 valence electrons. The fraction of sp³-hybridized carbons (Fsp3) is 1.00. The van der Waals surface area contributed by atoms with Crippen LogP contribution in [0.15, 0.2) is 0 Å². The quantitative estimate of drug-likeness (QED) is 0.446. The molecule has 0 aromatic rings. The summed E-state index contributed by atoms with van der Waals surface area (Å²) < 4.78 is 0. The molecule has 0 amide bonds. The van der Waals surface area contributed by atoms with Crippen molar-refractivity contribution < 1.29 is 4.90 Å². The molecule has 4 fully saturated rings. The Hall–Kier alpha value is 0.190. The average Bonchev–Trinajstić information content (AvgIpc) is 3.14. The second-order valence-corrected chi connectivity index (χ2v) is 11.7. The Bertz CT molecular complexity index is 503. The summed E-state index contributed by atoms with van der Waals surface area (Å²) in [4.78, 5) is 4.48. The van der Waals surface area contributed by atoms with Gasteiger partial charge >= 0.3 is 0 Å². The minimum atomic E-state index is 0.572. The van der Waals surface area contributed by atoms with Crippen LogP contribution in [0.25, 0.3) is 0 Å². The van der Waals surface area contributed by atoms with Gasteiger partial charge in [-0.25, -0.2) is 5.32 Å². The van der Waals surface area contributed by atoms with Crippen LogP contribution in [0.1, 0.15) is 71.6 Å². The molecule has 0 radical (unpaired) electrons. The number of hydrogen-bond donors (Lipinski definition) is 3. The molecule has 28 heavy (non-hydrogen) atoms. The van der Waals surface area contributed by atoms with Crippen LogP contribution in [0, 0.1) is 17.8 Å². The van der Waals surface area contributed by atoms with Crippen LogP contribution in [-0.4, -0.2) is 61.1 Å². The number of hydrogen-bond acceptors (Lipinski definition) is 4. The van der Waals surface area contributed by atoms with Crippen molar-refractivity contribution in [1.82, 2.24) is 15.5 Å². The van der Waals surface area contributed by atoms with Crippen LogP contribution >= 0.6 is 11.8 Å². The fourth-order valence-corrected chi connectivity index (χ4v) is 8.98. The first kappa shape index (κ1) is 21.4. The minimum Gasteiger partial charge on any atom is -0.310 e. The lowest BCUT2D eigenvalue weighted by Gasteiger charge is -2.31. The molecule has 4 nitrogen and oxygen atoms in total. The molecular formula is C23H45N4S+. The van der Waals surface area contributed by atoms with Gasteiger partial charge in [-0.15, -0.1) is 0 Å².